The lowest BCUT2D eigenvalue weighted by atomic mass is 10.2. The summed E-state index contributed by atoms with van der Waals surface area (Å²) in [6.07, 6.45) is 5.71. The number of fused-ring (bicyclic) bond motifs is 2. The maximum absolute atomic E-state index is 9.24. The first kappa shape index (κ1) is 20.9. The van der Waals surface area contributed by atoms with Gasteiger partial charge in [-0.3, -0.25) is 0 Å². The fraction of sp³-hybridized carbons (Fsp3) is 0.500. The van der Waals surface area contributed by atoms with Crippen LogP contribution in [0.15, 0.2) is 19.0 Å². The molecule has 0 saturated heterocycles. The van der Waals surface area contributed by atoms with Gasteiger partial charge in [-0.2, -0.15) is 0 Å². The maximum Gasteiger partial charge on any atom is 0.166 e. The average molecular weight is 425 g/mol. The van der Waals surface area contributed by atoms with Crippen LogP contribution in [0.4, 0.5) is 11.6 Å². The van der Waals surface area contributed by atoms with Crippen molar-refractivity contribution >= 4 is 34.0 Å². The van der Waals surface area contributed by atoms with E-state index in [0.29, 0.717) is 30.1 Å². The molecule has 11 heteroatoms. The number of aromatic nitrogens is 8. The van der Waals surface area contributed by atoms with Crippen molar-refractivity contribution in [2.24, 2.45) is 0 Å². The van der Waals surface area contributed by atoms with Crippen molar-refractivity contribution in [3.8, 4) is 0 Å². The third-order valence-corrected chi connectivity index (χ3v) is 5.14. The Morgan fingerprint density at radius 1 is 0.968 bits per heavy atom. The van der Waals surface area contributed by atoms with E-state index in [0.717, 1.165) is 22.6 Å². The molecule has 0 aliphatic carbocycles. The summed E-state index contributed by atoms with van der Waals surface area (Å²) >= 11 is 0. The smallest absolute Gasteiger partial charge is 0.166 e. The highest BCUT2D eigenvalue weighted by molar-refractivity contribution is 5.84. The fourth-order valence-corrected chi connectivity index (χ4v) is 3.58. The number of nitrogens with zero attached hydrogens (tertiary/aromatic N) is 9. The van der Waals surface area contributed by atoms with Crippen LogP contribution in [0.1, 0.15) is 38.7 Å². The second-order valence-electron chi connectivity index (χ2n) is 8.03. The van der Waals surface area contributed by atoms with Gasteiger partial charge in [0.05, 0.1) is 19.3 Å². The Labute approximate surface area is 180 Å². The standard InChI is InChI=1S/C20H28N10O/c1-12(2)29-10-24-15-17(21-6-7-31)26-14(27-20(15)29)8-13(3)30-11-25-16-18(28(4)5)22-9-23-19(16)30/h9-13,31H,6-8H2,1-5H3,(H,21,26,27). The SMILES string of the molecule is CC(C)n1cnc2c(NCCO)nc(CC(C)n3cnc4c(N(C)C)ncnc43)nc21. The second kappa shape index (κ2) is 8.42. The molecule has 1 atom stereocenters. The summed E-state index contributed by atoms with van der Waals surface area (Å²) in [7, 11) is 3.87. The normalized spacial score (nSPS) is 12.7. The zero-order valence-electron chi connectivity index (χ0n) is 18.5. The highest BCUT2D eigenvalue weighted by Gasteiger charge is 2.19. The first-order chi connectivity index (χ1) is 14.9. The van der Waals surface area contributed by atoms with E-state index in [1.807, 2.05) is 28.1 Å². The van der Waals surface area contributed by atoms with Gasteiger partial charge in [0.2, 0.25) is 0 Å². The molecule has 4 aromatic rings. The predicted molar refractivity (Wildman–Crippen MR) is 119 cm³/mol. The van der Waals surface area contributed by atoms with Crippen molar-refractivity contribution < 1.29 is 5.11 Å². The molecule has 0 radical (unpaired) electrons. The fourth-order valence-electron chi connectivity index (χ4n) is 3.58. The molecule has 0 saturated carbocycles. The van der Waals surface area contributed by atoms with E-state index in [1.165, 1.54) is 0 Å². The van der Waals surface area contributed by atoms with Crippen LogP contribution < -0.4 is 10.2 Å². The van der Waals surface area contributed by atoms with E-state index in [9.17, 15) is 5.11 Å². The highest BCUT2D eigenvalue weighted by atomic mass is 16.3. The Balaban J connectivity index is 1.71. The average Bonchev–Trinajstić information content (AvgIpc) is 3.36. The van der Waals surface area contributed by atoms with E-state index in [2.05, 4.69) is 46.0 Å². The van der Waals surface area contributed by atoms with Crippen molar-refractivity contribution in [3.05, 3.63) is 24.8 Å². The Hall–Kier alpha value is -3.34. The van der Waals surface area contributed by atoms with Crippen LogP contribution in [0, 0.1) is 0 Å². The molecule has 4 rings (SSSR count). The lowest BCUT2D eigenvalue weighted by molar-refractivity contribution is 0.311. The van der Waals surface area contributed by atoms with Crippen LogP contribution in [-0.2, 0) is 6.42 Å². The molecule has 31 heavy (non-hydrogen) atoms. The number of aliphatic hydroxyl groups is 1. The molecule has 0 bridgehead atoms. The van der Waals surface area contributed by atoms with Gasteiger partial charge in [0.1, 0.15) is 17.7 Å². The van der Waals surface area contributed by atoms with E-state index >= 15 is 0 Å². The summed E-state index contributed by atoms with van der Waals surface area (Å²) in [6.45, 7) is 6.67. The van der Waals surface area contributed by atoms with Crippen molar-refractivity contribution in [3.63, 3.8) is 0 Å². The third kappa shape index (κ3) is 3.88. The predicted octanol–water partition coefficient (Wildman–Crippen LogP) is 1.82. The number of anilines is 2. The molecule has 4 aromatic heterocycles. The molecule has 0 amide bonds. The molecule has 0 aliphatic rings. The van der Waals surface area contributed by atoms with Crippen LogP contribution >= 0.6 is 0 Å². The van der Waals surface area contributed by atoms with Crippen LogP contribution in [0.3, 0.4) is 0 Å². The van der Waals surface area contributed by atoms with Gasteiger partial charge >= 0.3 is 0 Å². The van der Waals surface area contributed by atoms with E-state index in [-0.39, 0.29) is 18.7 Å². The molecule has 4 heterocycles. The molecule has 0 spiro atoms. The van der Waals surface area contributed by atoms with Crippen molar-refractivity contribution in [1.82, 2.24) is 39.0 Å². The van der Waals surface area contributed by atoms with Gasteiger partial charge < -0.3 is 24.5 Å². The zero-order valence-corrected chi connectivity index (χ0v) is 18.5. The Bertz CT molecular complexity index is 1200. The van der Waals surface area contributed by atoms with Gasteiger partial charge in [-0.15, -0.1) is 0 Å². The molecule has 0 aromatic carbocycles. The summed E-state index contributed by atoms with van der Waals surface area (Å²) in [4.78, 5) is 29.3. The number of nitrogens with one attached hydrogen (secondary N) is 1. The number of aliphatic hydroxyl groups excluding tert-OH is 1. The van der Waals surface area contributed by atoms with E-state index < -0.39 is 0 Å². The molecule has 164 valence electrons. The molecule has 0 aliphatic heterocycles. The van der Waals surface area contributed by atoms with Gasteiger partial charge in [0.15, 0.2) is 28.4 Å². The van der Waals surface area contributed by atoms with Crippen molar-refractivity contribution in [2.45, 2.75) is 39.3 Å². The van der Waals surface area contributed by atoms with Gasteiger partial charge in [-0.1, -0.05) is 0 Å². The lowest BCUT2D eigenvalue weighted by Gasteiger charge is -2.16. The van der Waals surface area contributed by atoms with Gasteiger partial charge in [-0.25, -0.2) is 29.9 Å². The summed E-state index contributed by atoms with van der Waals surface area (Å²) in [5.74, 6) is 2.10. The quantitative estimate of drug-likeness (QED) is 0.436. The first-order valence-electron chi connectivity index (χ1n) is 10.3. The number of hydrogen-bond acceptors (Lipinski definition) is 9. The number of rotatable bonds is 8. The van der Waals surface area contributed by atoms with Gasteiger partial charge in [0.25, 0.3) is 0 Å². The van der Waals surface area contributed by atoms with E-state index in [4.69, 9.17) is 9.97 Å². The zero-order chi connectivity index (χ0) is 22.1. The molecule has 2 N–H and O–H groups in total. The van der Waals surface area contributed by atoms with Crippen LogP contribution in [0.2, 0.25) is 0 Å². The summed E-state index contributed by atoms with van der Waals surface area (Å²) < 4.78 is 4.05. The topological polar surface area (TPSA) is 123 Å². The highest BCUT2D eigenvalue weighted by Crippen LogP contribution is 2.26. The Morgan fingerprint density at radius 2 is 1.71 bits per heavy atom. The van der Waals surface area contributed by atoms with Gasteiger partial charge in [-0.05, 0) is 20.8 Å². The minimum atomic E-state index is 0.0110. The summed E-state index contributed by atoms with van der Waals surface area (Å²) in [6, 6.07) is 0.239. The maximum atomic E-state index is 9.24. The summed E-state index contributed by atoms with van der Waals surface area (Å²) in [5.41, 5.74) is 3.02. The van der Waals surface area contributed by atoms with Crippen molar-refractivity contribution in [1.29, 1.82) is 0 Å². The lowest BCUT2D eigenvalue weighted by Crippen LogP contribution is -2.14. The Kier molecular flexibility index (Phi) is 5.68. The molecular formula is C20H28N10O. The minimum Gasteiger partial charge on any atom is -0.395 e. The largest absolute Gasteiger partial charge is 0.395 e. The summed E-state index contributed by atoms with van der Waals surface area (Å²) in [5, 5.41) is 12.4. The van der Waals surface area contributed by atoms with Crippen LogP contribution in [0.5, 0.6) is 0 Å². The Morgan fingerprint density at radius 3 is 2.42 bits per heavy atom. The van der Waals surface area contributed by atoms with E-state index in [1.54, 1.807) is 19.0 Å². The third-order valence-electron chi connectivity index (χ3n) is 5.14. The second-order valence-corrected chi connectivity index (χ2v) is 8.03. The van der Waals surface area contributed by atoms with Crippen LogP contribution in [-0.4, -0.2) is 71.4 Å². The van der Waals surface area contributed by atoms with Crippen LogP contribution in [0.25, 0.3) is 22.3 Å². The van der Waals surface area contributed by atoms with Gasteiger partial charge in [0, 0.05) is 39.1 Å². The van der Waals surface area contributed by atoms with Crippen molar-refractivity contribution in [2.75, 3.05) is 37.5 Å². The molecule has 1 unspecified atom stereocenters. The molecule has 11 nitrogen and oxygen atoms in total. The molecular weight excluding hydrogens is 396 g/mol. The number of hydrogen-bond donors (Lipinski definition) is 2. The molecule has 0 fully saturated rings. The monoisotopic (exact) mass is 424 g/mol. The number of imidazole rings is 2. The minimum absolute atomic E-state index is 0.0110. The first-order valence-corrected chi connectivity index (χ1v) is 10.3.